The highest BCUT2D eigenvalue weighted by atomic mass is 32.2. The Morgan fingerprint density at radius 1 is 1.04 bits per heavy atom. The van der Waals surface area contributed by atoms with Crippen molar-refractivity contribution in [2.24, 2.45) is 0 Å². The van der Waals surface area contributed by atoms with E-state index < -0.39 is 0 Å². The molecule has 1 saturated carbocycles. The first kappa shape index (κ1) is 21.1. The smallest absolute Gasteiger partial charge is 0.234 e. The third-order valence-corrected chi connectivity index (χ3v) is 8.22. The van der Waals surface area contributed by atoms with Crippen LogP contribution in [0.25, 0.3) is 0 Å². The van der Waals surface area contributed by atoms with Gasteiger partial charge in [0.05, 0.1) is 12.9 Å². The molecular formula is C23H29NO2S2. The summed E-state index contributed by atoms with van der Waals surface area (Å²) in [7, 11) is 1.73. The molecule has 0 aromatic heterocycles. The van der Waals surface area contributed by atoms with Gasteiger partial charge in [0.1, 0.15) is 5.75 Å². The summed E-state index contributed by atoms with van der Waals surface area (Å²) in [5, 5.41) is 4.12. The fraction of sp³-hybridized carbons (Fsp3) is 0.435. The fourth-order valence-corrected chi connectivity index (χ4v) is 6.48. The van der Waals surface area contributed by atoms with Crippen LogP contribution in [0.1, 0.15) is 36.8 Å². The molecule has 1 aliphatic carbocycles. The molecule has 0 bridgehead atoms. The summed E-state index contributed by atoms with van der Waals surface area (Å²) in [4.78, 5) is 13.8. The number of thioether (sulfide) groups is 2. The van der Waals surface area contributed by atoms with Crippen molar-refractivity contribution in [3.05, 3.63) is 53.6 Å². The Bertz CT molecular complexity index is 789. The lowest BCUT2D eigenvalue weighted by Crippen LogP contribution is -2.27. The average molecular weight is 416 g/mol. The number of amides is 1. The summed E-state index contributed by atoms with van der Waals surface area (Å²) >= 11 is 3.71. The Kier molecular flexibility index (Phi) is 7.74. The summed E-state index contributed by atoms with van der Waals surface area (Å²) in [5.74, 6) is 1.53. The van der Waals surface area contributed by atoms with Crippen LogP contribution in [0.5, 0.6) is 5.75 Å². The molecule has 0 aliphatic heterocycles. The van der Waals surface area contributed by atoms with Crippen LogP contribution in [-0.4, -0.2) is 29.3 Å². The van der Waals surface area contributed by atoms with Crippen molar-refractivity contribution in [1.82, 2.24) is 0 Å². The summed E-state index contributed by atoms with van der Waals surface area (Å²) < 4.78 is 5.52. The topological polar surface area (TPSA) is 38.3 Å². The molecule has 2 aromatic carbocycles. The second kappa shape index (κ2) is 10.3. The maximum Gasteiger partial charge on any atom is 0.234 e. The largest absolute Gasteiger partial charge is 0.496 e. The Labute approximate surface area is 177 Å². The van der Waals surface area contributed by atoms with Gasteiger partial charge in [0.25, 0.3) is 0 Å². The Morgan fingerprint density at radius 2 is 1.71 bits per heavy atom. The van der Waals surface area contributed by atoms with Gasteiger partial charge in [0, 0.05) is 21.1 Å². The molecule has 1 fully saturated rings. The van der Waals surface area contributed by atoms with Gasteiger partial charge in [-0.1, -0.05) is 43.2 Å². The molecule has 0 heterocycles. The fourth-order valence-electron chi connectivity index (χ4n) is 3.64. The lowest BCUT2D eigenvalue weighted by molar-refractivity contribution is -0.113. The molecule has 0 radical (unpaired) electrons. The lowest BCUT2D eigenvalue weighted by Gasteiger charge is -2.31. The molecule has 1 aliphatic rings. The number of anilines is 1. The van der Waals surface area contributed by atoms with Crippen LogP contribution >= 0.6 is 23.5 Å². The van der Waals surface area contributed by atoms with Crippen LogP contribution in [0.4, 0.5) is 5.69 Å². The normalized spacial score (nSPS) is 19.2. The van der Waals surface area contributed by atoms with Gasteiger partial charge in [-0.2, -0.15) is 0 Å². The van der Waals surface area contributed by atoms with Crippen molar-refractivity contribution >= 4 is 35.1 Å². The summed E-state index contributed by atoms with van der Waals surface area (Å²) in [5.41, 5.74) is 3.18. The third-order valence-electron chi connectivity index (χ3n) is 5.16. The van der Waals surface area contributed by atoms with Crippen LogP contribution < -0.4 is 10.1 Å². The summed E-state index contributed by atoms with van der Waals surface area (Å²) in [6, 6.07) is 14.3. The van der Waals surface area contributed by atoms with Gasteiger partial charge in [-0.3, -0.25) is 4.79 Å². The van der Waals surface area contributed by atoms with E-state index in [0.717, 1.165) is 22.6 Å². The molecule has 2 atom stereocenters. The molecule has 3 rings (SSSR count). The van der Waals surface area contributed by atoms with Crippen LogP contribution in [0.2, 0.25) is 0 Å². The van der Waals surface area contributed by atoms with Crippen LogP contribution in [0.3, 0.4) is 0 Å². The standard InChI is InChI=1S/C23H29NO2S2/c1-16-9-8-10-17(2)23(16)24-22(25)15-27-20-13-6-7-14-21(20)28-19-12-5-4-11-18(19)26-3/h4-5,8-12,20-21H,6-7,13-15H2,1-3H3,(H,24,25). The summed E-state index contributed by atoms with van der Waals surface area (Å²) in [6.45, 7) is 4.08. The SMILES string of the molecule is COc1ccccc1SC1CCCCC1SCC(=O)Nc1c(C)cccc1C. The van der Waals surface area contributed by atoms with Gasteiger partial charge in [-0.15, -0.1) is 23.5 Å². The molecule has 2 unspecified atom stereocenters. The highest BCUT2D eigenvalue weighted by Gasteiger charge is 2.28. The molecule has 0 spiro atoms. The quantitative estimate of drug-likeness (QED) is 0.594. The number of para-hydroxylation sites is 2. The van der Waals surface area contributed by atoms with Crippen LogP contribution in [-0.2, 0) is 4.79 Å². The second-order valence-corrected chi connectivity index (χ2v) is 9.76. The van der Waals surface area contributed by atoms with E-state index >= 15 is 0 Å². The first-order chi connectivity index (χ1) is 13.6. The van der Waals surface area contributed by atoms with Crippen molar-refractivity contribution in [3.63, 3.8) is 0 Å². The van der Waals surface area contributed by atoms with E-state index in [-0.39, 0.29) is 5.91 Å². The molecule has 3 nitrogen and oxygen atoms in total. The van der Waals surface area contributed by atoms with Crippen molar-refractivity contribution in [1.29, 1.82) is 0 Å². The van der Waals surface area contributed by atoms with Gasteiger partial charge in [0.15, 0.2) is 0 Å². The second-order valence-electron chi connectivity index (χ2n) is 7.26. The molecule has 5 heteroatoms. The number of rotatable bonds is 7. The van der Waals surface area contributed by atoms with Crippen molar-refractivity contribution in [2.75, 3.05) is 18.2 Å². The minimum Gasteiger partial charge on any atom is -0.496 e. The summed E-state index contributed by atoms with van der Waals surface area (Å²) in [6.07, 6.45) is 4.88. The van der Waals surface area contributed by atoms with Gasteiger partial charge in [-0.05, 0) is 49.9 Å². The lowest BCUT2D eigenvalue weighted by atomic mass is 10.00. The number of hydrogen-bond donors (Lipinski definition) is 1. The highest BCUT2D eigenvalue weighted by molar-refractivity contribution is 8.04. The minimum atomic E-state index is 0.0917. The van der Waals surface area contributed by atoms with E-state index in [1.807, 2.05) is 55.9 Å². The first-order valence-corrected chi connectivity index (χ1v) is 11.8. The maximum absolute atomic E-state index is 12.6. The van der Waals surface area contributed by atoms with Gasteiger partial charge < -0.3 is 10.1 Å². The Hall–Kier alpha value is -1.59. The van der Waals surface area contributed by atoms with Gasteiger partial charge in [0.2, 0.25) is 5.91 Å². The highest BCUT2D eigenvalue weighted by Crippen LogP contribution is 2.42. The van der Waals surface area contributed by atoms with E-state index in [9.17, 15) is 4.79 Å². The Morgan fingerprint density at radius 3 is 2.43 bits per heavy atom. The van der Waals surface area contributed by atoms with Crippen molar-refractivity contribution in [2.45, 2.75) is 54.9 Å². The predicted octanol–water partition coefficient (Wildman–Crippen LogP) is 6.09. The number of carbonyl (C=O) groups is 1. The molecule has 1 amide bonds. The molecule has 28 heavy (non-hydrogen) atoms. The van der Waals surface area contributed by atoms with Crippen molar-refractivity contribution in [3.8, 4) is 5.75 Å². The monoisotopic (exact) mass is 415 g/mol. The van der Waals surface area contributed by atoms with E-state index in [1.165, 1.54) is 30.6 Å². The zero-order valence-corrected chi connectivity index (χ0v) is 18.5. The number of nitrogens with one attached hydrogen (secondary N) is 1. The number of hydrogen-bond acceptors (Lipinski definition) is 4. The van der Waals surface area contributed by atoms with E-state index in [1.54, 1.807) is 18.9 Å². The predicted molar refractivity (Wildman–Crippen MR) is 122 cm³/mol. The first-order valence-electron chi connectivity index (χ1n) is 9.86. The molecular weight excluding hydrogens is 386 g/mol. The third kappa shape index (κ3) is 5.48. The molecule has 150 valence electrons. The van der Waals surface area contributed by atoms with E-state index in [4.69, 9.17) is 4.74 Å². The van der Waals surface area contributed by atoms with Crippen molar-refractivity contribution < 1.29 is 9.53 Å². The number of aryl methyl sites for hydroxylation is 2. The number of ether oxygens (including phenoxy) is 1. The zero-order chi connectivity index (χ0) is 19.9. The molecule has 0 saturated heterocycles. The van der Waals surface area contributed by atoms with Gasteiger partial charge in [-0.25, -0.2) is 0 Å². The average Bonchev–Trinajstić information content (AvgIpc) is 2.70. The van der Waals surface area contributed by atoms with Crippen LogP contribution in [0, 0.1) is 13.8 Å². The number of methoxy groups -OCH3 is 1. The zero-order valence-electron chi connectivity index (χ0n) is 16.9. The van der Waals surface area contributed by atoms with Gasteiger partial charge >= 0.3 is 0 Å². The number of carbonyl (C=O) groups excluding carboxylic acids is 1. The molecule has 1 N–H and O–H groups in total. The van der Waals surface area contributed by atoms with Crippen LogP contribution in [0.15, 0.2) is 47.4 Å². The minimum absolute atomic E-state index is 0.0917. The maximum atomic E-state index is 12.6. The Balaban J connectivity index is 1.59. The molecule has 2 aromatic rings. The number of benzene rings is 2. The van der Waals surface area contributed by atoms with E-state index in [2.05, 4.69) is 17.4 Å². The van der Waals surface area contributed by atoms with E-state index in [0.29, 0.717) is 16.3 Å².